The van der Waals surface area contributed by atoms with Crippen LogP contribution in [0.25, 0.3) is 0 Å². The molecule has 24 heavy (non-hydrogen) atoms. The maximum atomic E-state index is 11.6. The summed E-state index contributed by atoms with van der Waals surface area (Å²) in [5, 5.41) is 17.9. The number of benzene rings is 1. The van der Waals surface area contributed by atoms with Crippen molar-refractivity contribution in [2.24, 2.45) is 0 Å². The number of aryl methyl sites for hydroxylation is 1. The normalized spacial score (nSPS) is 14.6. The minimum Gasteiger partial charge on any atom is -0.361 e. The van der Waals surface area contributed by atoms with Crippen LogP contribution in [0.15, 0.2) is 24.5 Å². The van der Waals surface area contributed by atoms with Crippen LogP contribution in [-0.2, 0) is 0 Å². The van der Waals surface area contributed by atoms with E-state index in [1.807, 2.05) is 32.0 Å². The number of aromatic nitrogens is 2. The Bertz CT molecular complexity index is 757. The third-order valence-electron chi connectivity index (χ3n) is 4.56. The smallest absolute Gasteiger partial charge is 0.353 e. The second-order valence-electron chi connectivity index (χ2n) is 6.17. The molecule has 2 N–H and O–H groups in total. The molecule has 1 aliphatic rings. The molecule has 2 aromatic rings. The van der Waals surface area contributed by atoms with E-state index < -0.39 is 4.92 Å². The van der Waals surface area contributed by atoms with Crippen molar-refractivity contribution < 1.29 is 4.92 Å². The van der Waals surface area contributed by atoms with E-state index in [-0.39, 0.29) is 23.4 Å². The van der Waals surface area contributed by atoms with Gasteiger partial charge in [-0.25, -0.2) is 9.97 Å². The van der Waals surface area contributed by atoms with E-state index in [9.17, 15) is 10.1 Å². The van der Waals surface area contributed by atoms with Crippen LogP contribution in [0.4, 0.5) is 23.0 Å². The Morgan fingerprint density at radius 1 is 1.17 bits per heavy atom. The fourth-order valence-electron chi connectivity index (χ4n) is 3.03. The van der Waals surface area contributed by atoms with Gasteiger partial charge in [-0.1, -0.05) is 25.0 Å². The highest BCUT2D eigenvalue weighted by Gasteiger charge is 2.26. The van der Waals surface area contributed by atoms with Gasteiger partial charge in [-0.3, -0.25) is 10.1 Å². The molecule has 0 unspecified atom stereocenters. The zero-order valence-corrected chi connectivity index (χ0v) is 13.9. The quantitative estimate of drug-likeness (QED) is 0.634. The van der Waals surface area contributed by atoms with Crippen LogP contribution in [0.2, 0.25) is 0 Å². The molecule has 0 saturated heterocycles. The summed E-state index contributed by atoms with van der Waals surface area (Å²) < 4.78 is 0. The third-order valence-corrected chi connectivity index (χ3v) is 4.56. The van der Waals surface area contributed by atoms with Gasteiger partial charge in [0.1, 0.15) is 6.33 Å². The molecule has 126 valence electrons. The number of nitrogens with one attached hydrogen (secondary N) is 2. The lowest BCUT2D eigenvalue weighted by Gasteiger charge is -2.15. The maximum Gasteiger partial charge on any atom is 0.353 e. The van der Waals surface area contributed by atoms with Crippen LogP contribution < -0.4 is 10.6 Å². The van der Waals surface area contributed by atoms with E-state index in [1.54, 1.807) is 0 Å². The zero-order valence-electron chi connectivity index (χ0n) is 13.9. The Labute approximate surface area is 140 Å². The third kappa shape index (κ3) is 3.29. The first kappa shape index (κ1) is 16.2. The van der Waals surface area contributed by atoms with Crippen molar-refractivity contribution >= 4 is 23.0 Å². The van der Waals surface area contributed by atoms with Gasteiger partial charge >= 0.3 is 5.69 Å². The molecule has 1 aliphatic carbocycles. The summed E-state index contributed by atoms with van der Waals surface area (Å²) >= 11 is 0. The summed E-state index contributed by atoms with van der Waals surface area (Å²) in [6, 6.07) is 6.04. The standard InChI is InChI=1S/C17H21N5O2/c1-11-6-5-9-14(12(11)2)21-17-15(22(23)24)16(18-10-19-17)20-13-7-3-4-8-13/h5-6,9-10,13H,3-4,7-8H2,1-2H3,(H2,18,19,20,21). The second kappa shape index (κ2) is 6.82. The van der Waals surface area contributed by atoms with Crippen molar-refractivity contribution in [3.63, 3.8) is 0 Å². The number of rotatable bonds is 5. The van der Waals surface area contributed by atoms with Crippen molar-refractivity contribution in [2.45, 2.75) is 45.6 Å². The van der Waals surface area contributed by atoms with Crippen LogP contribution >= 0.6 is 0 Å². The number of hydrogen-bond donors (Lipinski definition) is 2. The van der Waals surface area contributed by atoms with E-state index in [4.69, 9.17) is 0 Å². The molecule has 1 saturated carbocycles. The first-order chi connectivity index (χ1) is 11.6. The lowest BCUT2D eigenvalue weighted by Crippen LogP contribution is -2.17. The Morgan fingerprint density at radius 3 is 2.58 bits per heavy atom. The Morgan fingerprint density at radius 2 is 1.88 bits per heavy atom. The Hall–Kier alpha value is -2.70. The van der Waals surface area contributed by atoms with E-state index in [2.05, 4.69) is 20.6 Å². The van der Waals surface area contributed by atoms with Crippen molar-refractivity contribution in [3.8, 4) is 0 Å². The van der Waals surface area contributed by atoms with Gasteiger partial charge < -0.3 is 10.6 Å². The lowest BCUT2D eigenvalue weighted by molar-refractivity contribution is -0.383. The van der Waals surface area contributed by atoms with E-state index in [1.165, 1.54) is 6.33 Å². The average Bonchev–Trinajstić information content (AvgIpc) is 3.05. The largest absolute Gasteiger partial charge is 0.361 e. The van der Waals surface area contributed by atoms with E-state index in [0.717, 1.165) is 42.5 Å². The highest BCUT2D eigenvalue weighted by molar-refractivity contribution is 5.75. The van der Waals surface area contributed by atoms with E-state index >= 15 is 0 Å². The monoisotopic (exact) mass is 327 g/mol. The number of nitrogens with zero attached hydrogens (tertiary/aromatic N) is 3. The molecule has 7 heteroatoms. The molecule has 0 aliphatic heterocycles. The van der Waals surface area contributed by atoms with Crippen molar-refractivity contribution in [2.75, 3.05) is 10.6 Å². The van der Waals surface area contributed by atoms with E-state index in [0.29, 0.717) is 0 Å². The van der Waals surface area contributed by atoms with Crippen molar-refractivity contribution in [1.82, 2.24) is 9.97 Å². The lowest BCUT2D eigenvalue weighted by atomic mass is 10.1. The maximum absolute atomic E-state index is 11.6. The van der Waals surface area contributed by atoms with Crippen molar-refractivity contribution in [3.05, 3.63) is 45.8 Å². The molecular weight excluding hydrogens is 306 g/mol. The second-order valence-corrected chi connectivity index (χ2v) is 6.17. The molecule has 7 nitrogen and oxygen atoms in total. The predicted molar refractivity (Wildman–Crippen MR) is 93.8 cm³/mol. The molecular formula is C17H21N5O2. The van der Waals surface area contributed by atoms with Crippen LogP contribution in [0.1, 0.15) is 36.8 Å². The SMILES string of the molecule is Cc1cccc(Nc2ncnc(NC3CCCC3)c2[N+](=O)[O-])c1C. The number of nitro groups is 1. The fraction of sp³-hybridized carbons (Fsp3) is 0.412. The molecule has 0 amide bonds. The number of anilines is 3. The Balaban J connectivity index is 1.94. The zero-order chi connectivity index (χ0) is 17.1. The minimum absolute atomic E-state index is 0.106. The van der Waals surface area contributed by atoms with Gasteiger partial charge in [0.2, 0.25) is 11.6 Å². The molecule has 0 spiro atoms. The molecule has 3 rings (SSSR count). The molecule has 1 fully saturated rings. The van der Waals surface area contributed by atoms with Crippen LogP contribution in [0.3, 0.4) is 0 Å². The van der Waals surface area contributed by atoms with Gasteiger partial charge in [-0.05, 0) is 43.9 Å². The van der Waals surface area contributed by atoms with Crippen LogP contribution in [0, 0.1) is 24.0 Å². The highest BCUT2D eigenvalue weighted by Crippen LogP contribution is 2.34. The van der Waals surface area contributed by atoms with Gasteiger partial charge in [0.05, 0.1) is 4.92 Å². The first-order valence-electron chi connectivity index (χ1n) is 8.15. The van der Waals surface area contributed by atoms with Crippen LogP contribution in [-0.4, -0.2) is 20.9 Å². The van der Waals surface area contributed by atoms with Crippen LogP contribution in [0.5, 0.6) is 0 Å². The first-order valence-corrected chi connectivity index (χ1v) is 8.15. The summed E-state index contributed by atoms with van der Waals surface area (Å²) in [4.78, 5) is 19.4. The van der Waals surface area contributed by atoms with Gasteiger partial charge in [0.15, 0.2) is 0 Å². The van der Waals surface area contributed by atoms with Gasteiger partial charge in [-0.15, -0.1) is 0 Å². The molecule has 0 bridgehead atoms. The van der Waals surface area contributed by atoms with Gasteiger partial charge in [-0.2, -0.15) is 0 Å². The van der Waals surface area contributed by atoms with Crippen molar-refractivity contribution in [1.29, 1.82) is 0 Å². The Kier molecular flexibility index (Phi) is 4.59. The molecule has 0 radical (unpaired) electrons. The summed E-state index contributed by atoms with van der Waals surface area (Å²) in [5.74, 6) is 0.499. The molecule has 1 heterocycles. The van der Waals surface area contributed by atoms with Gasteiger partial charge in [0, 0.05) is 11.7 Å². The summed E-state index contributed by atoms with van der Waals surface area (Å²) in [7, 11) is 0. The molecule has 0 atom stereocenters. The summed E-state index contributed by atoms with van der Waals surface area (Å²) in [6.07, 6.45) is 5.67. The topological polar surface area (TPSA) is 93.0 Å². The molecule has 1 aromatic carbocycles. The fourth-order valence-corrected chi connectivity index (χ4v) is 3.03. The predicted octanol–water partition coefficient (Wildman–Crippen LogP) is 4.10. The average molecular weight is 327 g/mol. The summed E-state index contributed by atoms with van der Waals surface area (Å²) in [6.45, 7) is 3.98. The summed E-state index contributed by atoms with van der Waals surface area (Å²) in [5.41, 5.74) is 2.85. The highest BCUT2D eigenvalue weighted by atomic mass is 16.6. The molecule has 1 aromatic heterocycles. The number of hydrogen-bond acceptors (Lipinski definition) is 6. The van der Waals surface area contributed by atoms with Gasteiger partial charge in [0.25, 0.3) is 0 Å². The minimum atomic E-state index is -0.426.